The zero-order valence-electron chi connectivity index (χ0n) is 12.3. The molecule has 5 nitrogen and oxygen atoms in total. The lowest BCUT2D eigenvalue weighted by Crippen LogP contribution is -2.53. The van der Waals surface area contributed by atoms with Crippen molar-refractivity contribution in [1.29, 1.82) is 5.26 Å². The summed E-state index contributed by atoms with van der Waals surface area (Å²) in [6, 6.07) is 8.64. The molecule has 1 rings (SSSR count). The highest BCUT2D eigenvalue weighted by Crippen LogP contribution is 2.25. The normalized spacial score (nSPS) is 11.8. The molecule has 0 unspecified atom stereocenters. The summed E-state index contributed by atoms with van der Waals surface area (Å²) in [5.41, 5.74) is -1.68. The van der Waals surface area contributed by atoms with Crippen molar-refractivity contribution in [3.63, 3.8) is 0 Å². The van der Waals surface area contributed by atoms with Crippen LogP contribution in [0.1, 0.15) is 27.7 Å². The van der Waals surface area contributed by atoms with Crippen molar-refractivity contribution in [1.82, 2.24) is 0 Å². The standard InChI is InChI=1S/C14H20BNO4/c1-13(2,17)14(3,4)20-15(18)11-7-5-6-8-12(11)19-10-9-16/h5-8,17-18H,10H2,1-4H3. The lowest BCUT2D eigenvalue weighted by atomic mass is 9.76. The van der Waals surface area contributed by atoms with Gasteiger partial charge in [0.2, 0.25) is 0 Å². The van der Waals surface area contributed by atoms with E-state index in [2.05, 4.69) is 0 Å². The molecule has 0 saturated heterocycles. The van der Waals surface area contributed by atoms with E-state index in [0.717, 1.165) is 0 Å². The topological polar surface area (TPSA) is 82.7 Å². The summed E-state index contributed by atoms with van der Waals surface area (Å²) in [4.78, 5) is 0. The molecule has 1 aromatic rings. The summed E-state index contributed by atoms with van der Waals surface area (Å²) < 4.78 is 10.8. The van der Waals surface area contributed by atoms with Crippen LogP contribution >= 0.6 is 0 Å². The van der Waals surface area contributed by atoms with Crippen LogP contribution in [0.15, 0.2) is 24.3 Å². The Kier molecular flexibility index (Phi) is 5.18. The molecule has 0 spiro atoms. The predicted molar refractivity (Wildman–Crippen MR) is 76.6 cm³/mol. The molecule has 0 aromatic heterocycles. The first-order chi connectivity index (χ1) is 9.19. The van der Waals surface area contributed by atoms with Gasteiger partial charge in [-0.15, -0.1) is 0 Å². The number of rotatable bonds is 6. The Morgan fingerprint density at radius 3 is 2.40 bits per heavy atom. The van der Waals surface area contributed by atoms with Crippen LogP contribution in [0.25, 0.3) is 0 Å². The Hall–Kier alpha value is -1.55. The fourth-order valence-electron chi connectivity index (χ4n) is 1.41. The van der Waals surface area contributed by atoms with Crippen LogP contribution in [0.5, 0.6) is 5.75 Å². The molecular weight excluding hydrogens is 257 g/mol. The van der Waals surface area contributed by atoms with Crippen LogP contribution in [0.2, 0.25) is 0 Å². The zero-order chi connectivity index (χ0) is 15.4. The first-order valence-electron chi connectivity index (χ1n) is 6.36. The van der Waals surface area contributed by atoms with E-state index in [1.54, 1.807) is 52.0 Å². The summed E-state index contributed by atoms with van der Waals surface area (Å²) in [6.07, 6.45) is 0. The fraction of sp³-hybridized carbons (Fsp3) is 0.500. The number of hydrogen-bond acceptors (Lipinski definition) is 5. The van der Waals surface area contributed by atoms with Crippen LogP contribution in [-0.2, 0) is 4.65 Å². The molecule has 6 heteroatoms. The minimum Gasteiger partial charge on any atom is -0.479 e. The molecule has 0 amide bonds. The molecule has 108 valence electrons. The molecule has 2 N–H and O–H groups in total. The predicted octanol–water partition coefficient (Wildman–Crippen LogP) is 0.843. The number of ether oxygens (including phenoxy) is 1. The van der Waals surface area contributed by atoms with Gasteiger partial charge in [0, 0.05) is 5.46 Å². The summed E-state index contributed by atoms with van der Waals surface area (Å²) in [5.74, 6) is 0.382. The molecule has 0 bridgehead atoms. The van der Waals surface area contributed by atoms with Crippen molar-refractivity contribution in [3.8, 4) is 11.8 Å². The minimum absolute atomic E-state index is 0.112. The first-order valence-corrected chi connectivity index (χ1v) is 6.36. The average molecular weight is 277 g/mol. The third-order valence-electron chi connectivity index (χ3n) is 3.36. The van der Waals surface area contributed by atoms with E-state index >= 15 is 0 Å². The van der Waals surface area contributed by atoms with E-state index in [-0.39, 0.29) is 6.61 Å². The SMILES string of the molecule is CC(C)(O)C(C)(C)OB(O)c1ccccc1OCC#N. The van der Waals surface area contributed by atoms with Gasteiger partial charge in [0.25, 0.3) is 0 Å². The molecule has 0 aliphatic rings. The summed E-state index contributed by atoms with van der Waals surface area (Å²) in [6.45, 7) is 6.48. The summed E-state index contributed by atoms with van der Waals surface area (Å²) in [5, 5.41) is 28.8. The molecule has 0 atom stereocenters. The second-order valence-electron chi connectivity index (χ2n) is 5.52. The number of hydrogen-bond donors (Lipinski definition) is 2. The Morgan fingerprint density at radius 1 is 1.25 bits per heavy atom. The van der Waals surface area contributed by atoms with Crippen LogP contribution in [0.3, 0.4) is 0 Å². The van der Waals surface area contributed by atoms with Crippen LogP contribution in [0.4, 0.5) is 0 Å². The van der Waals surface area contributed by atoms with Gasteiger partial charge in [0.15, 0.2) is 6.61 Å². The van der Waals surface area contributed by atoms with Gasteiger partial charge >= 0.3 is 7.12 Å². The Morgan fingerprint density at radius 2 is 1.85 bits per heavy atom. The van der Waals surface area contributed by atoms with E-state index in [1.807, 2.05) is 6.07 Å². The van der Waals surface area contributed by atoms with Gasteiger partial charge in [-0.3, -0.25) is 0 Å². The van der Waals surface area contributed by atoms with E-state index in [9.17, 15) is 10.1 Å². The van der Waals surface area contributed by atoms with Gasteiger partial charge in [-0.2, -0.15) is 5.26 Å². The molecule has 0 fully saturated rings. The van der Waals surface area contributed by atoms with E-state index in [0.29, 0.717) is 11.2 Å². The third-order valence-corrected chi connectivity index (χ3v) is 3.36. The maximum atomic E-state index is 10.2. The van der Waals surface area contributed by atoms with Crippen molar-refractivity contribution in [2.24, 2.45) is 0 Å². The highest BCUT2D eigenvalue weighted by Gasteiger charge is 2.40. The van der Waals surface area contributed by atoms with Gasteiger partial charge < -0.3 is 19.5 Å². The molecule has 0 heterocycles. The molecule has 0 aliphatic carbocycles. The van der Waals surface area contributed by atoms with Gasteiger partial charge in [-0.25, -0.2) is 0 Å². The highest BCUT2D eigenvalue weighted by molar-refractivity contribution is 6.61. The van der Waals surface area contributed by atoms with Crippen molar-refractivity contribution in [2.75, 3.05) is 6.61 Å². The number of benzene rings is 1. The van der Waals surface area contributed by atoms with E-state index in [4.69, 9.17) is 14.7 Å². The summed E-state index contributed by atoms with van der Waals surface area (Å²) in [7, 11) is -1.26. The third kappa shape index (κ3) is 3.97. The van der Waals surface area contributed by atoms with Crippen LogP contribution in [-0.4, -0.2) is 35.1 Å². The van der Waals surface area contributed by atoms with Gasteiger partial charge in [-0.05, 0) is 33.8 Å². The molecular formula is C14H20BNO4. The Labute approximate surface area is 119 Å². The highest BCUT2D eigenvalue weighted by atomic mass is 16.6. The number of nitriles is 1. The van der Waals surface area contributed by atoms with Crippen molar-refractivity contribution < 1.29 is 19.5 Å². The number of para-hydroxylation sites is 1. The zero-order valence-corrected chi connectivity index (χ0v) is 12.3. The lowest BCUT2D eigenvalue weighted by Gasteiger charge is -2.38. The smallest absolute Gasteiger partial charge is 0.479 e. The largest absolute Gasteiger partial charge is 0.495 e. The van der Waals surface area contributed by atoms with Gasteiger partial charge in [-0.1, -0.05) is 18.2 Å². The Balaban J connectivity index is 2.93. The van der Waals surface area contributed by atoms with Crippen LogP contribution < -0.4 is 10.2 Å². The van der Waals surface area contributed by atoms with Crippen molar-refractivity contribution in [2.45, 2.75) is 38.9 Å². The first kappa shape index (κ1) is 16.5. The Bertz CT molecular complexity index is 491. The van der Waals surface area contributed by atoms with Crippen molar-refractivity contribution >= 4 is 12.6 Å². The second-order valence-corrected chi connectivity index (χ2v) is 5.52. The molecule has 0 saturated carbocycles. The maximum Gasteiger partial charge on any atom is 0.495 e. The second kappa shape index (κ2) is 6.27. The number of aliphatic hydroxyl groups is 1. The quantitative estimate of drug-likeness (QED) is 0.753. The number of nitrogens with zero attached hydrogens (tertiary/aromatic N) is 1. The fourth-order valence-corrected chi connectivity index (χ4v) is 1.41. The monoisotopic (exact) mass is 277 g/mol. The average Bonchev–Trinajstić information content (AvgIpc) is 2.34. The minimum atomic E-state index is -1.26. The van der Waals surface area contributed by atoms with Gasteiger partial charge in [0.05, 0.1) is 11.2 Å². The van der Waals surface area contributed by atoms with E-state index in [1.165, 1.54) is 0 Å². The van der Waals surface area contributed by atoms with E-state index < -0.39 is 18.3 Å². The maximum absolute atomic E-state index is 10.2. The lowest BCUT2D eigenvalue weighted by molar-refractivity contribution is -0.0983. The van der Waals surface area contributed by atoms with Crippen molar-refractivity contribution in [3.05, 3.63) is 24.3 Å². The molecule has 1 aromatic carbocycles. The van der Waals surface area contributed by atoms with Gasteiger partial charge in [0.1, 0.15) is 11.8 Å². The summed E-state index contributed by atoms with van der Waals surface area (Å²) >= 11 is 0. The molecule has 0 radical (unpaired) electrons. The molecule has 0 aliphatic heterocycles. The van der Waals surface area contributed by atoms with Crippen LogP contribution in [0, 0.1) is 11.3 Å². The molecule has 20 heavy (non-hydrogen) atoms.